The first kappa shape index (κ1) is 6.45. The normalized spacial score (nSPS) is 32.8. The Morgan fingerprint density at radius 3 is 3.00 bits per heavy atom. The lowest BCUT2D eigenvalue weighted by molar-refractivity contribution is 0.547. The van der Waals surface area contributed by atoms with E-state index in [1.165, 1.54) is 44.9 Å². The molecular formula is C10H16. The molecule has 0 aromatic heterocycles. The van der Waals surface area contributed by atoms with Crippen molar-refractivity contribution >= 4 is 0 Å². The summed E-state index contributed by atoms with van der Waals surface area (Å²) < 4.78 is 0. The minimum Gasteiger partial charge on any atom is -0.0851 e. The molecule has 1 unspecified atom stereocenters. The molecule has 0 radical (unpaired) electrons. The van der Waals surface area contributed by atoms with Gasteiger partial charge in [0, 0.05) is 0 Å². The van der Waals surface area contributed by atoms with Gasteiger partial charge in [-0.1, -0.05) is 18.1 Å². The van der Waals surface area contributed by atoms with Crippen LogP contribution in [0.3, 0.4) is 0 Å². The van der Waals surface area contributed by atoms with E-state index in [4.69, 9.17) is 0 Å². The van der Waals surface area contributed by atoms with Crippen molar-refractivity contribution in [2.75, 3.05) is 0 Å². The average molecular weight is 136 g/mol. The van der Waals surface area contributed by atoms with Crippen LogP contribution >= 0.6 is 0 Å². The Hall–Kier alpha value is -0.260. The van der Waals surface area contributed by atoms with Gasteiger partial charge in [0.1, 0.15) is 0 Å². The highest BCUT2D eigenvalue weighted by Crippen LogP contribution is 2.36. The standard InChI is InChI=1S/C10H16/c1-2-5-9-7-4-8-10(9)6-3-1/h5,10H,1-4,6-8H2. The fourth-order valence-electron chi connectivity index (χ4n) is 2.36. The third kappa shape index (κ3) is 1.12. The van der Waals surface area contributed by atoms with Crippen molar-refractivity contribution in [3.05, 3.63) is 11.6 Å². The lowest BCUT2D eigenvalue weighted by Crippen LogP contribution is -1.93. The van der Waals surface area contributed by atoms with Gasteiger partial charge in [0.05, 0.1) is 0 Å². The molecular weight excluding hydrogens is 120 g/mol. The largest absolute Gasteiger partial charge is 0.0851 e. The molecule has 0 amide bonds. The summed E-state index contributed by atoms with van der Waals surface area (Å²) >= 11 is 0. The first-order chi connectivity index (χ1) is 4.97. The van der Waals surface area contributed by atoms with Crippen LogP contribution in [0, 0.1) is 5.92 Å². The van der Waals surface area contributed by atoms with Gasteiger partial charge in [-0.25, -0.2) is 0 Å². The number of fused-ring (bicyclic) bond motifs is 1. The van der Waals surface area contributed by atoms with Crippen LogP contribution in [-0.2, 0) is 0 Å². The molecule has 56 valence electrons. The summed E-state index contributed by atoms with van der Waals surface area (Å²) in [6, 6.07) is 0. The predicted octanol–water partition coefficient (Wildman–Crippen LogP) is 3.29. The molecule has 0 heteroatoms. The van der Waals surface area contributed by atoms with Crippen molar-refractivity contribution in [3.8, 4) is 0 Å². The zero-order valence-corrected chi connectivity index (χ0v) is 6.60. The molecule has 0 aliphatic heterocycles. The first-order valence-electron chi connectivity index (χ1n) is 4.66. The maximum atomic E-state index is 2.52. The van der Waals surface area contributed by atoms with Crippen LogP contribution in [0.1, 0.15) is 44.9 Å². The van der Waals surface area contributed by atoms with E-state index in [1.807, 2.05) is 0 Å². The maximum absolute atomic E-state index is 2.52. The SMILES string of the molecule is C1=C2CCCC2CCCC1. The molecule has 0 nitrogen and oxygen atoms in total. The first-order valence-corrected chi connectivity index (χ1v) is 4.66. The highest BCUT2D eigenvalue weighted by Gasteiger charge is 2.21. The predicted molar refractivity (Wildman–Crippen MR) is 43.9 cm³/mol. The van der Waals surface area contributed by atoms with Crippen LogP contribution < -0.4 is 0 Å². The zero-order chi connectivity index (χ0) is 6.81. The van der Waals surface area contributed by atoms with Gasteiger partial charge in [-0.05, 0) is 44.4 Å². The summed E-state index contributed by atoms with van der Waals surface area (Å²) in [4.78, 5) is 0. The molecule has 0 saturated heterocycles. The summed E-state index contributed by atoms with van der Waals surface area (Å²) in [6.07, 6.45) is 12.7. The third-order valence-electron chi connectivity index (χ3n) is 2.96. The zero-order valence-electron chi connectivity index (χ0n) is 6.60. The number of allylic oxidation sites excluding steroid dienone is 2. The summed E-state index contributed by atoms with van der Waals surface area (Å²) in [5, 5.41) is 0. The van der Waals surface area contributed by atoms with Crippen LogP contribution in [0.2, 0.25) is 0 Å². The summed E-state index contributed by atoms with van der Waals surface area (Å²) in [5.74, 6) is 1.02. The summed E-state index contributed by atoms with van der Waals surface area (Å²) in [7, 11) is 0. The van der Waals surface area contributed by atoms with Crippen molar-refractivity contribution in [1.29, 1.82) is 0 Å². The van der Waals surface area contributed by atoms with Crippen molar-refractivity contribution in [2.45, 2.75) is 44.9 Å². The second-order valence-corrected chi connectivity index (χ2v) is 3.65. The minimum atomic E-state index is 1.02. The summed E-state index contributed by atoms with van der Waals surface area (Å²) in [6.45, 7) is 0. The van der Waals surface area contributed by atoms with Crippen molar-refractivity contribution in [1.82, 2.24) is 0 Å². The molecule has 10 heavy (non-hydrogen) atoms. The van der Waals surface area contributed by atoms with E-state index in [0.717, 1.165) is 5.92 Å². The Morgan fingerprint density at radius 2 is 2.00 bits per heavy atom. The van der Waals surface area contributed by atoms with E-state index in [0.29, 0.717) is 0 Å². The number of hydrogen-bond acceptors (Lipinski definition) is 0. The molecule has 0 aromatic rings. The Morgan fingerprint density at radius 1 is 1.10 bits per heavy atom. The molecule has 0 heterocycles. The van der Waals surface area contributed by atoms with Gasteiger partial charge in [-0.2, -0.15) is 0 Å². The molecule has 0 bridgehead atoms. The van der Waals surface area contributed by atoms with Crippen LogP contribution in [0.15, 0.2) is 11.6 Å². The van der Waals surface area contributed by atoms with E-state index in [1.54, 1.807) is 5.57 Å². The van der Waals surface area contributed by atoms with Crippen LogP contribution in [0.25, 0.3) is 0 Å². The van der Waals surface area contributed by atoms with Gasteiger partial charge >= 0.3 is 0 Å². The van der Waals surface area contributed by atoms with E-state index in [9.17, 15) is 0 Å². The van der Waals surface area contributed by atoms with Crippen molar-refractivity contribution in [3.63, 3.8) is 0 Å². The van der Waals surface area contributed by atoms with Crippen LogP contribution in [-0.4, -0.2) is 0 Å². The van der Waals surface area contributed by atoms with Gasteiger partial charge in [-0.15, -0.1) is 0 Å². The van der Waals surface area contributed by atoms with Crippen molar-refractivity contribution in [2.24, 2.45) is 5.92 Å². The lowest BCUT2D eigenvalue weighted by atomic mass is 9.99. The Balaban J connectivity index is 2.10. The fourth-order valence-corrected chi connectivity index (χ4v) is 2.36. The quantitative estimate of drug-likeness (QED) is 0.448. The highest BCUT2D eigenvalue weighted by atomic mass is 14.3. The second-order valence-electron chi connectivity index (χ2n) is 3.65. The van der Waals surface area contributed by atoms with E-state index in [-0.39, 0.29) is 0 Å². The molecule has 1 atom stereocenters. The van der Waals surface area contributed by atoms with E-state index < -0.39 is 0 Å². The number of rotatable bonds is 0. The van der Waals surface area contributed by atoms with E-state index in [2.05, 4.69) is 6.08 Å². The van der Waals surface area contributed by atoms with Gasteiger partial charge in [0.15, 0.2) is 0 Å². The van der Waals surface area contributed by atoms with Crippen LogP contribution in [0.5, 0.6) is 0 Å². The lowest BCUT2D eigenvalue weighted by Gasteiger charge is -2.06. The van der Waals surface area contributed by atoms with Gasteiger partial charge < -0.3 is 0 Å². The van der Waals surface area contributed by atoms with Crippen molar-refractivity contribution < 1.29 is 0 Å². The number of hydrogen-bond donors (Lipinski definition) is 0. The molecule has 0 aromatic carbocycles. The molecule has 0 spiro atoms. The second kappa shape index (κ2) is 2.77. The Kier molecular flexibility index (Phi) is 1.79. The molecule has 2 aliphatic rings. The fraction of sp³-hybridized carbons (Fsp3) is 0.800. The molecule has 1 fully saturated rings. The Labute approximate surface area is 63.3 Å². The van der Waals surface area contributed by atoms with Crippen LogP contribution in [0.4, 0.5) is 0 Å². The topological polar surface area (TPSA) is 0 Å². The minimum absolute atomic E-state index is 1.02. The summed E-state index contributed by atoms with van der Waals surface area (Å²) in [5.41, 5.74) is 1.80. The van der Waals surface area contributed by atoms with E-state index >= 15 is 0 Å². The smallest absolute Gasteiger partial charge is 0.0203 e. The monoisotopic (exact) mass is 136 g/mol. The molecule has 0 N–H and O–H groups in total. The Bertz CT molecular complexity index is 144. The molecule has 2 rings (SSSR count). The van der Waals surface area contributed by atoms with Gasteiger partial charge in [0.25, 0.3) is 0 Å². The van der Waals surface area contributed by atoms with Gasteiger partial charge in [-0.3, -0.25) is 0 Å². The third-order valence-corrected chi connectivity index (χ3v) is 2.96. The maximum Gasteiger partial charge on any atom is -0.0203 e. The molecule has 1 saturated carbocycles. The highest BCUT2D eigenvalue weighted by molar-refractivity contribution is 5.12. The van der Waals surface area contributed by atoms with Gasteiger partial charge in [0.2, 0.25) is 0 Å². The molecule has 2 aliphatic carbocycles. The average Bonchev–Trinajstić information content (AvgIpc) is 2.28.